The summed E-state index contributed by atoms with van der Waals surface area (Å²) < 4.78 is 0. The van der Waals surface area contributed by atoms with E-state index < -0.39 is 5.92 Å². The first kappa shape index (κ1) is 14.2. The molecule has 3 aromatic rings. The molecule has 0 bridgehead atoms. The van der Waals surface area contributed by atoms with E-state index in [4.69, 9.17) is 12.2 Å². The predicted octanol–water partition coefficient (Wildman–Crippen LogP) is 3.92. The minimum atomic E-state index is -0.608. The molecule has 1 atom stereocenters. The van der Waals surface area contributed by atoms with Crippen molar-refractivity contribution >= 4 is 33.9 Å². The first-order valence-corrected chi connectivity index (χ1v) is 7.30. The Morgan fingerprint density at radius 3 is 2.64 bits per heavy atom. The molecule has 0 spiro atoms. The van der Waals surface area contributed by atoms with Crippen LogP contribution in [0.2, 0.25) is 0 Å². The molecule has 22 heavy (non-hydrogen) atoms. The van der Waals surface area contributed by atoms with Gasteiger partial charge in [0.15, 0.2) is 5.92 Å². The highest BCUT2D eigenvalue weighted by molar-refractivity contribution is 7.80. The second-order valence-corrected chi connectivity index (χ2v) is 5.50. The highest BCUT2D eigenvalue weighted by atomic mass is 32.1. The summed E-state index contributed by atoms with van der Waals surface area (Å²) >= 11 is 5.38. The monoisotopic (exact) mass is 306 g/mol. The summed E-state index contributed by atoms with van der Waals surface area (Å²) in [5.74, 6) is -0.0444. The standard InChI is InChI=1S/C17H14N4S/c1-11-6-8-12(9-7-11)19-17(22)13(10-18)16-20-14-4-2-3-5-15(14)21-16/h2-9,13H,1H3,(H,19,22)(H,20,21)/t13-/m1/s1. The second kappa shape index (κ2) is 5.96. The van der Waals surface area contributed by atoms with Gasteiger partial charge in [-0.1, -0.05) is 42.0 Å². The van der Waals surface area contributed by atoms with Crippen LogP contribution in [0.15, 0.2) is 48.5 Å². The van der Waals surface area contributed by atoms with Crippen LogP contribution in [0.4, 0.5) is 5.69 Å². The lowest BCUT2D eigenvalue weighted by molar-refractivity contribution is 1.02. The van der Waals surface area contributed by atoms with E-state index in [1.54, 1.807) is 0 Å². The third kappa shape index (κ3) is 2.83. The van der Waals surface area contributed by atoms with Crippen LogP contribution in [0.5, 0.6) is 0 Å². The summed E-state index contributed by atoms with van der Waals surface area (Å²) in [6.45, 7) is 2.02. The summed E-state index contributed by atoms with van der Waals surface area (Å²) in [4.78, 5) is 8.05. The zero-order chi connectivity index (χ0) is 15.5. The van der Waals surface area contributed by atoms with Crippen LogP contribution in [0.1, 0.15) is 17.3 Å². The SMILES string of the molecule is Cc1ccc(NC(=S)[C@H](C#N)c2nc3ccccc3[nH]2)cc1. The van der Waals surface area contributed by atoms with Crippen molar-refractivity contribution in [2.24, 2.45) is 0 Å². The van der Waals surface area contributed by atoms with Crippen LogP contribution in [0.3, 0.4) is 0 Å². The van der Waals surface area contributed by atoms with Gasteiger partial charge >= 0.3 is 0 Å². The lowest BCUT2D eigenvalue weighted by Gasteiger charge is -2.11. The number of hydrogen-bond donors (Lipinski definition) is 2. The molecular weight excluding hydrogens is 292 g/mol. The predicted molar refractivity (Wildman–Crippen MR) is 91.8 cm³/mol. The topological polar surface area (TPSA) is 64.5 Å². The molecule has 0 unspecified atom stereocenters. The minimum absolute atomic E-state index is 0.436. The summed E-state index contributed by atoms with van der Waals surface area (Å²) in [7, 11) is 0. The number of nitriles is 1. The molecule has 0 saturated carbocycles. The largest absolute Gasteiger partial charge is 0.349 e. The normalized spacial score (nSPS) is 11.8. The fourth-order valence-corrected chi connectivity index (χ4v) is 2.49. The van der Waals surface area contributed by atoms with Crippen LogP contribution in [-0.2, 0) is 0 Å². The van der Waals surface area contributed by atoms with Crippen LogP contribution in [-0.4, -0.2) is 15.0 Å². The molecule has 0 aliphatic heterocycles. The maximum Gasteiger partial charge on any atom is 0.154 e. The third-order valence-electron chi connectivity index (χ3n) is 3.39. The number of nitrogens with zero attached hydrogens (tertiary/aromatic N) is 2. The van der Waals surface area contributed by atoms with E-state index in [-0.39, 0.29) is 0 Å². The molecule has 0 radical (unpaired) electrons. The van der Waals surface area contributed by atoms with E-state index >= 15 is 0 Å². The number of imidazole rings is 1. The maximum absolute atomic E-state index is 9.46. The molecule has 2 N–H and O–H groups in total. The zero-order valence-electron chi connectivity index (χ0n) is 12.0. The Morgan fingerprint density at radius 1 is 1.23 bits per heavy atom. The van der Waals surface area contributed by atoms with Crippen molar-refractivity contribution in [1.29, 1.82) is 5.26 Å². The Bertz CT molecular complexity index is 825. The van der Waals surface area contributed by atoms with Gasteiger partial charge in [0.25, 0.3) is 0 Å². The molecule has 1 aromatic heterocycles. The van der Waals surface area contributed by atoms with Gasteiger partial charge in [-0.05, 0) is 31.2 Å². The average molecular weight is 306 g/mol. The van der Waals surface area contributed by atoms with Gasteiger partial charge in [-0.2, -0.15) is 5.26 Å². The average Bonchev–Trinajstić information content (AvgIpc) is 2.94. The summed E-state index contributed by atoms with van der Waals surface area (Å²) in [5.41, 5.74) is 3.77. The number of rotatable bonds is 3. The molecule has 2 aromatic carbocycles. The Kier molecular flexibility index (Phi) is 3.86. The number of hydrogen-bond acceptors (Lipinski definition) is 3. The maximum atomic E-state index is 9.46. The fraction of sp³-hybridized carbons (Fsp3) is 0.118. The fourth-order valence-electron chi connectivity index (χ4n) is 2.20. The van der Waals surface area contributed by atoms with Gasteiger partial charge in [0.05, 0.1) is 17.1 Å². The molecule has 3 rings (SSSR count). The smallest absolute Gasteiger partial charge is 0.154 e. The van der Waals surface area contributed by atoms with E-state index in [1.807, 2.05) is 55.5 Å². The van der Waals surface area contributed by atoms with Crippen molar-refractivity contribution in [3.8, 4) is 6.07 Å². The van der Waals surface area contributed by atoms with Gasteiger partial charge < -0.3 is 10.3 Å². The molecule has 5 heteroatoms. The number of aromatic nitrogens is 2. The highest BCUT2D eigenvalue weighted by Crippen LogP contribution is 2.20. The Balaban J connectivity index is 1.85. The van der Waals surface area contributed by atoms with Gasteiger partial charge in [0.1, 0.15) is 10.8 Å². The molecular formula is C17H14N4S. The Hall–Kier alpha value is -2.71. The second-order valence-electron chi connectivity index (χ2n) is 5.06. The summed E-state index contributed by atoms with van der Waals surface area (Å²) in [5, 5.41) is 12.6. The first-order chi connectivity index (χ1) is 10.7. The van der Waals surface area contributed by atoms with Crippen molar-refractivity contribution in [2.45, 2.75) is 12.8 Å². The summed E-state index contributed by atoms with van der Waals surface area (Å²) in [6.07, 6.45) is 0. The van der Waals surface area contributed by atoms with Crippen LogP contribution in [0, 0.1) is 18.3 Å². The van der Waals surface area contributed by atoms with Gasteiger partial charge in [-0.3, -0.25) is 0 Å². The zero-order valence-corrected chi connectivity index (χ0v) is 12.8. The number of H-pyrrole nitrogens is 1. The van der Waals surface area contributed by atoms with Crippen molar-refractivity contribution in [3.05, 3.63) is 59.9 Å². The van der Waals surface area contributed by atoms with Gasteiger partial charge in [-0.25, -0.2) is 4.98 Å². The van der Waals surface area contributed by atoms with Gasteiger partial charge in [0.2, 0.25) is 0 Å². The summed E-state index contributed by atoms with van der Waals surface area (Å²) in [6, 6.07) is 17.7. The Labute approximate surface area is 133 Å². The van der Waals surface area contributed by atoms with E-state index in [1.165, 1.54) is 5.56 Å². The van der Waals surface area contributed by atoms with E-state index in [0.717, 1.165) is 16.7 Å². The quantitative estimate of drug-likeness (QED) is 0.720. The minimum Gasteiger partial charge on any atom is -0.349 e. The number of fused-ring (bicyclic) bond motifs is 1. The molecule has 108 valence electrons. The molecule has 0 amide bonds. The van der Waals surface area contributed by atoms with Crippen LogP contribution in [0.25, 0.3) is 11.0 Å². The van der Waals surface area contributed by atoms with Gasteiger partial charge in [0, 0.05) is 5.69 Å². The number of benzene rings is 2. The molecule has 0 fully saturated rings. The molecule has 0 aliphatic rings. The third-order valence-corrected chi connectivity index (χ3v) is 3.73. The number of thiocarbonyl (C=S) groups is 1. The highest BCUT2D eigenvalue weighted by Gasteiger charge is 2.20. The number of nitrogens with one attached hydrogen (secondary N) is 2. The first-order valence-electron chi connectivity index (χ1n) is 6.89. The number of para-hydroxylation sites is 2. The van der Waals surface area contributed by atoms with Gasteiger partial charge in [-0.15, -0.1) is 0 Å². The van der Waals surface area contributed by atoms with Crippen LogP contribution < -0.4 is 5.32 Å². The lowest BCUT2D eigenvalue weighted by Crippen LogP contribution is -2.19. The van der Waals surface area contributed by atoms with Crippen molar-refractivity contribution in [1.82, 2.24) is 9.97 Å². The van der Waals surface area contributed by atoms with E-state index in [9.17, 15) is 5.26 Å². The molecule has 1 heterocycles. The number of aryl methyl sites for hydroxylation is 1. The lowest BCUT2D eigenvalue weighted by atomic mass is 10.1. The van der Waals surface area contributed by atoms with Crippen molar-refractivity contribution in [3.63, 3.8) is 0 Å². The van der Waals surface area contributed by atoms with Crippen LogP contribution >= 0.6 is 12.2 Å². The Morgan fingerprint density at radius 2 is 1.95 bits per heavy atom. The molecule has 4 nitrogen and oxygen atoms in total. The van der Waals surface area contributed by atoms with Crippen molar-refractivity contribution < 1.29 is 0 Å². The number of aromatic amines is 1. The van der Waals surface area contributed by atoms with E-state index in [0.29, 0.717) is 10.8 Å². The van der Waals surface area contributed by atoms with Crippen molar-refractivity contribution in [2.75, 3.05) is 5.32 Å². The molecule has 0 saturated heterocycles. The number of anilines is 1. The molecule has 0 aliphatic carbocycles. The van der Waals surface area contributed by atoms with E-state index in [2.05, 4.69) is 21.4 Å².